The van der Waals surface area contributed by atoms with Crippen LogP contribution in [0.1, 0.15) is 1.43 Å². The first kappa shape index (κ1) is 10.8. The molecule has 6 heteroatoms. The molecule has 6 heavy (non-hydrogen) atoms. The van der Waals surface area contributed by atoms with Crippen LogP contribution in [0.15, 0.2) is 0 Å². The fraction of sp³-hybridized carbons (Fsp3) is 0. The quantitative estimate of drug-likeness (QED) is 0.328. The van der Waals surface area contributed by atoms with Crippen LogP contribution in [-0.2, 0) is 3.74 Å². The zero-order chi connectivity index (χ0) is 4.50. The van der Waals surface area contributed by atoms with Gasteiger partial charge in [-0.25, -0.2) is 0 Å². The molecule has 0 aromatic rings. The molecule has 0 aliphatic carbocycles. The fourth-order valence-electron chi connectivity index (χ4n) is 0. The van der Waals surface area contributed by atoms with Crippen LogP contribution in [0, 0.1) is 0 Å². The van der Waals surface area contributed by atoms with Crippen LogP contribution < -0.4 is 51.4 Å². The molecule has 0 atom stereocenters. The van der Waals surface area contributed by atoms with Crippen molar-refractivity contribution in [3.05, 3.63) is 0 Å². The van der Waals surface area contributed by atoms with Gasteiger partial charge in [0, 0.05) is 0 Å². The first-order valence-corrected chi connectivity index (χ1v) is 4.07. The maximum atomic E-state index is 8.94. The van der Waals surface area contributed by atoms with Crippen molar-refractivity contribution in [1.29, 1.82) is 0 Å². The Morgan fingerprint density at radius 3 is 1.33 bits per heavy atom. The van der Waals surface area contributed by atoms with Gasteiger partial charge < -0.3 is 1.43 Å². The summed E-state index contributed by atoms with van der Waals surface area (Å²) in [5.74, 6) is 0. The smallest absolute Gasteiger partial charge is 1.00 e. The van der Waals surface area contributed by atoms with Crippen LogP contribution in [0.3, 0.4) is 0 Å². The van der Waals surface area contributed by atoms with Gasteiger partial charge in [0.2, 0.25) is 0 Å². The van der Waals surface area contributed by atoms with E-state index in [2.05, 4.69) is 0 Å². The van der Waals surface area contributed by atoms with Crippen molar-refractivity contribution in [2.45, 2.75) is 0 Å². The molecule has 0 rings (SSSR count). The van der Waals surface area contributed by atoms with Crippen molar-refractivity contribution in [3.8, 4) is 0 Å². The first-order chi connectivity index (χ1) is 2.00. The predicted molar refractivity (Wildman–Crippen MR) is 14.2 cm³/mol. The third kappa shape index (κ3) is 39.7. The Morgan fingerprint density at radius 1 is 1.33 bits per heavy atom. The van der Waals surface area contributed by atoms with Crippen molar-refractivity contribution in [3.63, 3.8) is 0 Å². The maximum absolute atomic E-state index is 8.94. The Labute approximate surface area is 81.8 Å². The van der Waals surface area contributed by atoms with Gasteiger partial charge >= 0.3 is 81.9 Å². The third-order valence-corrected chi connectivity index (χ3v) is 0. The molecular weight excluding hydrogens is 178 g/mol. The van der Waals surface area contributed by atoms with Gasteiger partial charge in [0.05, 0.1) is 0 Å². The molecule has 0 bridgehead atoms. The molecule has 0 aromatic carbocycles. The minimum atomic E-state index is -5.12. The van der Waals surface area contributed by atoms with E-state index in [1.165, 1.54) is 0 Å². The molecule has 0 fully saturated rings. The minimum absolute atomic E-state index is 0. The molecule has 0 aliphatic rings. The van der Waals surface area contributed by atoms with Crippen LogP contribution in [0.4, 0.5) is 0 Å². The summed E-state index contributed by atoms with van der Waals surface area (Å²) in [7, 11) is 0. The Morgan fingerprint density at radius 2 is 1.33 bits per heavy atom. The van der Waals surface area contributed by atoms with Gasteiger partial charge in [0.15, 0.2) is 0 Å². The molecule has 34 valence electrons. The summed E-state index contributed by atoms with van der Waals surface area (Å²) in [5, 5.41) is 0. The summed E-state index contributed by atoms with van der Waals surface area (Å²) < 4.78 is 30.7. The maximum Gasteiger partial charge on any atom is 1.00 e. The Bertz CT molecular complexity index is 57.8. The molecule has 0 unspecified atom stereocenters. The summed E-state index contributed by atoms with van der Waals surface area (Å²) in [6, 6.07) is 0. The monoisotopic (exact) mass is 182 g/mol. The minimum Gasteiger partial charge on any atom is -1.00 e. The summed E-state index contributed by atoms with van der Waals surface area (Å²) in [5.41, 5.74) is 0. The average molecular weight is 182 g/mol. The molecule has 4 nitrogen and oxygen atoms in total. The summed E-state index contributed by atoms with van der Waals surface area (Å²) in [6.07, 6.45) is 0. The van der Waals surface area contributed by atoms with E-state index in [1.54, 1.807) is 0 Å². The second-order valence-corrected chi connectivity index (χ2v) is 2.67. The van der Waals surface area contributed by atoms with E-state index in [0.717, 1.165) is 0 Å². The van der Waals surface area contributed by atoms with Crippen molar-refractivity contribution in [2.75, 3.05) is 0 Å². The van der Waals surface area contributed by atoms with Crippen LogP contribution in [0.5, 0.6) is 0 Å². The second-order valence-electron chi connectivity index (χ2n) is 0.513. The molecule has 0 aromatic heterocycles. The fourth-order valence-corrected chi connectivity index (χ4v) is 0. The molecule has 0 spiro atoms. The molecule has 0 radical (unpaired) electrons. The van der Waals surface area contributed by atoms with Crippen LogP contribution >= 0.6 is 0 Å². The topological polar surface area (TPSA) is 77.8 Å². The van der Waals surface area contributed by atoms with Gasteiger partial charge in [-0.2, -0.15) is 0 Å². The van der Waals surface area contributed by atoms with Gasteiger partial charge in [-0.05, 0) is 0 Å². The normalized spacial score (nSPS) is 9.83. The largest absolute Gasteiger partial charge is 1.00 e. The van der Waals surface area contributed by atoms with Crippen molar-refractivity contribution in [1.82, 2.24) is 0 Å². The Hall–Kier alpha value is 1.87. The van der Waals surface area contributed by atoms with E-state index in [1.807, 2.05) is 0 Å². The van der Waals surface area contributed by atoms with Crippen LogP contribution in [0.2, 0.25) is 0 Å². The molecule has 0 saturated carbocycles. The van der Waals surface area contributed by atoms with Crippen LogP contribution in [0.25, 0.3) is 0 Å². The van der Waals surface area contributed by atoms with Gasteiger partial charge in [0.25, 0.3) is 0 Å². The molecule has 0 amide bonds. The molecule has 3 N–H and O–H groups in total. The number of hydrogen-bond acceptors (Lipinski definition) is 1. The SMILES string of the molecule is O=[As](O)(O)O.[H-].[K+]. The molecule has 0 aliphatic heterocycles. The standard InChI is InChI=1S/AsH3O4.K.H/c2-1(3,4)5;;/h(H3,2,3,4,5);;/q;+1;-1. The van der Waals surface area contributed by atoms with Crippen molar-refractivity contribution < 1.29 is 68.8 Å². The van der Waals surface area contributed by atoms with E-state index in [9.17, 15) is 0 Å². The number of hydrogen-bond donors (Lipinski definition) is 3. The molecular formula is H4AsKO4. The van der Waals surface area contributed by atoms with Gasteiger partial charge in [-0.15, -0.1) is 0 Å². The van der Waals surface area contributed by atoms with Gasteiger partial charge in [-0.3, -0.25) is 0 Å². The second kappa shape index (κ2) is 3.83. The Balaban J connectivity index is -0.0000000800. The summed E-state index contributed by atoms with van der Waals surface area (Å²) in [4.78, 5) is 0. The molecule has 0 heterocycles. The average Bonchev–Trinajstić information content (AvgIpc) is 0.722. The summed E-state index contributed by atoms with van der Waals surface area (Å²) >= 11 is -5.12. The van der Waals surface area contributed by atoms with Crippen molar-refractivity contribution >= 4 is 14.5 Å². The summed E-state index contributed by atoms with van der Waals surface area (Å²) in [6.45, 7) is 0. The zero-order valence-corrected chi connectivity index (χ0v) is 8.20. The van der Waals surface area contributed by atoms with Crippen molar-refractivity contribution in [2.24, 2.45) is 0 Å². The van der Waals surface area contributed by atoms with E-state index in [0.29, 0.717) is 0 Å². The zero-order valence-electron chi connectivity index (χ0n) is 4.20. The first-order valence-electron chi connectivity index (χ1n) is 0.783. The number of rotatable bonds is 0. The van der Waals surface area contributed by atoms with E-state index >= 15 is 0 Å². The van der Waals surface area contributed by atoms with Crippen LogP contribution in [-0.4, -0.2) is 26.8 Å². The Kier molecular flexibility index (Phi) is 6.88. The molecule has 0 saturated heterocycles. The van der Waals surface area contributed by atoms with E-state index in [4.69, 9.17) is 16.0 Å². The van der Waals surface area contributed by atoms with E-state index in [-0.39, 0.29) is 52.8 Å². The predicted octanol–water partition coefficient (Wildman–Crippen LogP) is -5.05. The third-order valence-electron chi connectivity index (χ3n) is 0. The van der Waals surface area contributed by atoms with E-state index < -0.39 is 14.5 Å². The van der Waals surface area contributed by atoms with Gasteiger partial charge in [0.1, 0.15) is 0 Å². The van der Waals surface area contributed by atoms with Gasteiger partial charge in [-0.1, -0.05) is 0 Å².